The zero-order valence-electron chi connectivity index (χ0n) is 9.08. The van der Waals surface area contributed by atoms with Gasteiger partial charge in [0.05, 0.1) is 0 Å². The summed E-state index contributed by atoms with van der Waals surface area (Å²) in [6.45, 7) is 1.90. The van der Waals surface area contributed by atoms with E-state index < -0.39 is 4.92 Å². The van der Waals surface area contributed by atoms with Crippen molar-refractivity contribution in [3.8, 4) is 11.5 Å². The number of aromatic nitrogens is 1. The first-order chi connectivity index (χ1) is 8.16. The van der Waals surface area contributed by atoms with Gasteiger partial charge in [-0.05, 0) is 40.6 Å². The van der Waals surface area contributed by atoms with E-state index in [0.29, 0.717) is 11.5 Å². The fraction of sp³-hybridized carbons (Fsp3) is 0.0833. The van der Waals surface area contributed by atoms with Gasteiger partial charge in [-0.2, -0.15) is 0 Å². The highest BCUT2D eigenvalue weighted by Crippen LogP contribution is 2.24. The first-order valence-electron chi connectivity index (χ1n) is 4.92. The molecular weight excluding hydrogens is 220 g/mol. The van der Waals surface area contributed by atoms with E-state index in [4.69, 9.17) is 4.74 Å². The number of nitro groups is 1. The molecule has 0 aliphatic carbocycles. The molecule has 0 aliphatic heterocycles. The summed E-state index contributed by atoms with van der Waals surface area (Å²) in [5.41, 5.74) is 0.960. The standard InChI is InChI=1S/C12H9N2O3/c1-9-4-2-3-5-11(9)17-10-6-7-12(13-8-10)14(15)16/h2,4-8H,1H3. The summed E-state index contributed by atoms with van der Waals surface area (Å²) in [5, 5.41) is 10.4. The molecule has 5 nitrogen and oxygen atoms in total. The van der Waals surface area contributed by atoms with Gasteiger partial charge < -0.3 is 14.9 Å². The quantitative estimate of drug-likeness (QED) is 0.599. The monoisotopic (exact) mass is 229 g/mol. The van der Waals surface area contributed by atoms with Crippen LogP contribution in [0.5, 0.6) is 11.5 Å². The van der Waals surface area contributed by atoms with Crippen molar-refractivity contribution in [2.24, 2.45) is 0 Å². The highest BCUT2D eigenvalue weighted by molar-refractivity contribution is 5.36. The number of rotatable bonds is 3. The predicted octanol–water partition coefficient (Wildman–Crippen LogP) is 2.89. The number of benzene rings is 1. The largest absolute Gasteiger partial charge is 0.453 e. The third-order valence-electron chi connectivity index (χ3n) is 2.17. The van der Waals surface area contributed by atoms with Crippen molar-refractivity contribution in [1.29, 1.82) is 0 Å². The summed E-state index contributed by atoms with van der Waals surface area (Å²) in [5.74, 6) is 0.912. The second-order valence-electron chi connectivity index (χ2n) is 3.40. The van der Waals surface area contributed by atoms with Gasteiger partial charge in [-0.15, -0.1) is 0 Å². The summed E-state index contributed by atoms with van der Waals surface area (Å²) < 4.78 is 5.53. The van der Waals surface area contributed by atoms with Crippen LogP contribution in [0.25, 0.3) is 0 Å². The van der Waals surface area contributed by atoms with Crippen LogP contribution in [0.15, 0.2) is 36.5 Å². The highest BCUT2D eigenvalue weighted by Gasteiger charge is 2.08. The van der Waals surface area contributed by atoms with Crippen LogP contribution in [0.1, 0.15) is 5.56 Å². The minimum absolute atomic E-state index is 0.200. The Morgan fingerprint density at radius 1 is 1.41 bits per heavy atom. The number of aryl methyl sites for hydroxylation is 1. The summed E-state index contributed by atoms with van der Waals surface area (Å²) in [6.07, 6.45) is 1.32. The second-order valence-corrected chi connectivity index (χ2v) is 3.40. The van der Waals surface area contributed by atoms with Gasteiger partial charge in [0.1, 0.15) is 5.75 Å². The zero-order valence-corrected chi connectivity index (χ0v) is 9.08. The minimum Gasteiger partial charge on any atom is -0.453 e. The third-order valence-corrected chi connectivity index (χ3v) is 2.17. The molecule has 1 radical (unpaired) electrons. The van der Waals surface area contributed by atoms with Gasteiger partial charge in [0.25, 0.3) is 0 Å². The lowest BCUT2D eigenvalue weighted by Gasteiger charge is -2.06. The van der Waals surface area contributed by atoms with Crippen molar-refractivity contribution < 1.29 is 9.66 Å². The maximum Gasteiger partial charge on any atom is 0.363 e. The first kappa shape index (κ1) is 11.1. The molecule has 0 aliphatic rings. The van der Waals surface area contributed by atoms with Crippen LogP contribution in [0.4, 0.5) is 5.82 Å². The normalized spacial score (nSPS) is 9.94. The van der Waals surface area contributed by atoms with Crippen molar-refractivity contribution >= 4 is 5.82 Å². The lowest BCUT2D eigenvalue weighted by Crippen LogP contribution is -1.92. The lowest BCUT2D eigenvalue weighted by atomic mass is 10.2. The number of hydrogen-bond donors (Lipinski definition) is 0. The molecule has 0 saturated carbocycles. The average molecular weight is 229 g/mol. The number of pyridine rings is 1. The highest BCUT2D eigenvalue weighted by atomic mass is 16.6. The Labute approximate surface area is 97.8 Å². The lowest BCUT2D eigenvalue weighted by molar-refractivity contribution is -0.389. The Bertz CT molecular complexity index is 538. The Balaban J connectivity index is 2.20. The predicted molar refractivity (Wildman–Crippen MR) is 61.0 cm³/mol. The number of ether oxygens (including phenoxy) is 1. The first-order valence-corrected chi connectivity index (χ1v) is 4.92. The molecule has 2 aromatic rings. The summed E-state index contributed by atoms with van der Waals surface area (Å²) >= 11 is 0. The maximum atomic E-state index is 10.4. The molecule has 1 aromatic heterocycles. The van der Waals surface area contributed by atoms with Crippen molar-refractivity contribution in [2.45, 2.75) is 6.92 Å². The van der Waals surface area contributed by atoms with Crippen molar-refractivity contribution in [1.82, 2.24) is 4.98 Å². The van der Waals surface area contributed by atoms with Crippen molar-refractivity contribution in [3.63, 3.8) is 0 Å². The molecule has 0 atom stereocenters. The Morgan fingerprint density at radius 2 is 2.24 bits per heavy atom. The molecule has 0 bridgehead atoms. The molecule has 1 heterocycles. The van der Waals surface area contributed by atoms with Gasteiger partial charge in [-0.1, -0.05) is 12.1 Å². The molecule has 85 valence electrons. The molecule has 0 N–H and O–H groups in total. The van der Waals surface area contributed by atoms with E-state index in [0.717, 1.165) is 5.56 Å². The van der Waals surface area contributed by atoms with Gasteiger partial charge in [0.15, 0.2) is 11.9 Å². The van der Waals surface area contributed by atoms with Crippen LogP contribution in [-0.4, -0.2) is 9.91 Å². The number of nitrogens with zero attached hydrogens (tertiary/aromatic N) is 2. The minimum atomic E-state index is -0.550. The van der Waals surface area contributed by atoms with Crippen molar-refractivity contribution in [3.05, 3.63) is 58.3 Å². The Hall–Kier alpha value is -2.43. The topological polar surface area (TPSA) is 65.3 Å². The molecule has 0 amide bonds. The summed E-state index contributed by atoms with van der Waals surface area (Å²) in [4.78, 5) is 13.5. The SMILES string of the molecule is Cc1cc[c]cc1Oc1ccc([N+](=O)[O-])nc1. The average Bonchev–Trinajstić information content (AvgIpc) is 2.33. The second kappa shape index (κ2) is 4.61. The van der Waals surface area contributed by atoms with Gasteiger partial charge in [-0.3, -0.25) is 0 Å². The Morgan fingerprint density at radius 3 is 2.82 bits per heavy atom. The van der Waals surface area contributed by atoms with E-state index in [1.54, 1.807) is 12.1 Å². The fourth-order valence-electron chi connectivity index (χ4n) is 1.27. The molecule has 17 heavy (non-hydrogen) atoms. The van der Waals surface area contributed by atoms with E-state index in [-0.39, 0.29) is 5.82 Å². The number of hydrogen-bond acceptors (Lipinski definition) is 4. The molecule has 0 fully saturated rings. The van der Waals surface area contributed by atoms with E-state index in [9.17, 15) is 10.1 Å². The smallest absolute Gasteiger partial charge is 0.363 e. The van der Waals surface area contributed by atoms with E-state index in [1.807, 2.05) is 13.0 Å². The zero-order chi connectivity index (χ0) is 12.3. The van der Waals surface area contributed by atoms with E-state index >= 15 is 0 Å². The molecule has 5 heteroatoms. The van der Waals surface area contributed by atoms with E-state index in [1.165, 1.54) is 18.3 Å². The van der Waals surface area contributed by atoms with Gasteiger partial charge in [0, 0.05) is 6.07 Å². The molecular formula is C12H9N2O3. The van der Waals surface area contributed by atoms with Crippen LogP contribution in [0, 0.1) is 23.1 Å². The van der Waals surface area contributed by atoms with Crippen molar-refractivity contribution in [2.75, 3.05) is 0 Å². The van der Waals surface area contributed by atoms with Crippen LogP contribution in [0.2, 0.25) is 0 Å². The molecule has 2 rings (SSSR count). The maximum absolute atomic E-state index is 10.4. The molecule has 1 aromatic carbocycles. The van der Waals surface area contributed by atoms with Crippen LogP contribution >= 0.6 is 0 Å². The summed E-state index contributed by atoms with van der Waals surface area (Å²) in [7, 11) is 0. The van der Waals surface area contributed by atoms with Gasteiger partial charge in [0.2, 0.25) is 0 Å². The van der Waals surface area contributed by atoms with Crippen LogP contribution < -0.4 is 4.74 Å². The molecule has 0 saturated heterocycles. The van der Waals surface area contributed by atoms with Crippen LogP contribution in [-0.2, 0) is 0 Å². The molecule has 0 unspecified atom stereocenters. The summed E-state index contributed by atoms with van der Waals surface area (Å²) in [6, 6.07) is 11.1. The van der Waals surface area contributed by atoms with Crippen LogP contribution in [0.3, 0.4) is 0 Å². The van der Waals surface area contributed by atoms with Gasteiger partial charge in [-0.25, -0.2) is 0 Å². The Kier molecular flexibility index (Phi) is 3.00. The fourth-order valence-corrected chi connectivity index (χ4v) is 1.27. The van der Waals surface area contributed by atoms with E-state index in [2.05, 4.69) is 11.1 Å². The van der Waals surface area contributed by atoms with Gasteiger partial charge >= 0.3 is 5.82 Å². The molecule has 0 spiro atoms. The third kappa shape index (κ3) is 2.57.